The fraction of sp³-hybridized carbons (Fsp3) is 0.700. The monoisotopic (exact) mass is 259 g/mol. The Hall–Kier alpha value is -1.67. The lowest BCUT2D eigenvalue weighted by molar-refractivity contribution is -0.148. The third-order valence-electron chi connectivity index (χ3n) is 2.81. The topological polar surface area (TPSA) is 133 Å². The highest BCUT2D eigenvalue weighted by molar-refractivity contribution is 5.89. The van der Waals surface area contributed by atoms with Crippen molar-refractivity contribution in [2.24, 2.45) is 5.73 Å². The fourth-order valence-electron chi connectivity index (χ4n) is 1.80. The SMILES string of the molecule is NC(CO)C(=O)NCC(=O)N1CCCC1C(=O)O. The zero-order valence-corrected chi connectivity index (χ0v) is 9.83. The van der Waals surface area contributed by atoms with E-state index >= 15 is 0 Å². The van der Waals surface area contributed by atoms with Gasteiger partial charge in [-0.25, -0.2) is 4.79 Å². The van der Waals surface area contributed by atoms with E-state index in [9.17, 15) is 14.4 Å². The minimum absolute atomic E-state index is 0.309. The Labute approximate surface area is 104 Å². The van der Waals surface area contributed by atoms with Crippen molar-refractivity contribution in [1.29, 1.82) is 0 Å². The Morgan fingerprint density at radius 3 is 2.67 bits per heavy atom. The lowest BCUT2D eigenvalue weighted by atomic mass is 10.2. The van der Waals surface area contributed by atoms with Gasteiger partial charge in [0.05, 0.1) is 13.2 Å². The molecule has 1 saturated heterocycles. The van der Waals surface area contributed by atoms with Crippen LogP contribution in [0.1, 0.15) is 12.8 Å². The summed E-state index contributed by atoms with van der Waals surface area (Å²) in [4.78, 5) is 35.0. The quantitative estimate of drug-likeness (QED) is 0.431. The summed E-state index contributed by atoms with van der Waals surface area (Å²) in [6, 6.07) is -1.90. The molecule has 5 N–H and O–H groups in total. The molecule has 0 radical (unpaired) electrons. The molecule has 1 rings (SSSR count). The molecule has 8 nitrogen and oxygen atoms in total. The summed E-state index contributed by atoms with van der Waals surface area (Å²) >= 11 is 0. The third-order valence-corrected chi connectivity index (χ3v) is 2.81. The molecule has 8 heteroatoms. The normalized spacial score (nSPS) is 20.6. The summed E-state index contributed by atoms with van der Waals surface area (Å²) in [5, 5.41) is 19.8. The molecule has 0 aliphatic carbocycles. The number of rotatable bonds is 5. The summed E-state index contributed by atoms with van der Waals surface area (Å²) < 4.78 is 0. The van der Waals surface area contributed by atoms with E-state index in [-0.39, 0.29) is 6.54 Å². The molecule has 1 fully saturated rings. The van der Waals surface area contributed by atoms with Gasteiger partial charge in [0.25, 0.3) is 0 Å². The van der Waals surface area contributed by atoms with E-state index in [0.29, 0.717) is 19.4 Å². The van der Waals surface area contributed by atoms with E-state index in [1.54, 1.807) is 0 Å². The van der Waals surface area contributed by atoms with Crippen LogP contribution in [0, 0.1) is 0 Å². The number of nitrogens with two attached hydrogens (primary N) is 1. The van der Waals surface area contributed by atoms with Crippen molar-refractivity contribution in [2.75, 3.05) is 19.7 Å². The van der Waals surface area contributed by atoms with Gasteiger partial charge < -0.3 is 26.2 Å². The second-order valence-electron chi connectivity index (χ2n) is 4.09. The highest BCUT2D eigenvalue weighted by Gasteiger charge is 2.33. The van der Waals surface area contributed by atoms with E-state index in [1.807, 2.05) is 0 Å². The number of nitrogens with one attached hydrogen (secondary N) is 1. The lowest BCUT2D eigenvalue weighted by Crippen LogP contribution is -2.49. The molecule has 0 spiro atoms. The van der Waals surface area contributed by atoms with Gasteiger partial charge >= 0.3 is 5.97 Å². The van der Waals surface area contributed by atoms with Crippen LogP contribution in [0.4, 0.5) is 0 Å². The number of aliphatic hydroxyl groups is 1. The number of carboxylic acids is 1. The number of carbonyl (C=O) groups excluding carboxylic acids is 2. The van der Waals surface area contributed by atoms with Crippen LogP contribution in [0.2, 0.25) is 0 Å². The summed E-state index contributed by atoms with van der Waals surface area (Å²) in [7, 11) is 0. The second kappa shape index (κ2) is 6.31. The van der Waals surface area contributed by atoms with Crippen molar-refractivity contribution >= 4 is 17.8 Å². The maximum atomic E-state index is 11.7. The van der Waals surface area contributed by atoms with Crippen molar-refractivity contribution in [3.05, 3.63) is 0 Å². The first-order valence-electron chi connectivity index (χ1n) is 5.63. The van der Waals surface area contributed by atoms with Gasteiger partial charge in [0.1, 0.15) is 12.1 Å². The summed E-state index contributed by atoms with van der Waals surface area (Å²) in [5.74, 6) is -2.14. The van der Waals surface area contributed by atoms with Crippen LogP contribution in [0.15, 0.2) is 0 Å². The van der Waals surface area contributed by atoms with Crippen molar-refractivity contribution in [3.8, 4) is 0 Å². The zero-order chi connectivity index (χ0) is 13.7. The van der Waals surface area contributed by atoms with Crippen molar-refractivity contribution in [2.45, 2.75) is 24.9 Å². The molecule has 18 heavy (non-hydrogen) atoms. The van der Waals surface area contributed by atoms with Gasteiger partial charge in [-0.2, -0.15) is 0 Å². The highest BCUT2D eigenvalue weighted by Crippen LogP contribution is 2.17. The summed E-state index contributed by atoms with van der Waals surface area (Å²) in [6.45, 7) is -0.449. The molecule has 0 aromatic carbocycles. The van der Waals surface area contributed by atoms with Gasteiger partial charge in [-0.15, -0.1) is 0 Å². The third kappa shape index (κ3) is 3.41. The Bertz CT molecular complexity index is 346. The molecule has 1 aliphatic heterocycles. The lowest BCUT2D eigenvalue weighted by Gasteiger charge is -2.21. The maximum absolute atomic E-state index is 11.7. The predicted molar refractivity (Wildman–Crippen MR) is 60.4 cm³/mol. The number of aliphatic hydroxyl groups excluding tert-OH is 1. The number of carboxylic acid groups (broad SMARTS) is 1. The Morgan fingerprint density at radius 1 is 1.44 bits per heavy atom. The molecule has 1 aliphatic rings. The number of aliphatic carboxylic acids is 1. The molecular weight excluding hydrogens is 242 g/mol. The van der Waals surface area contributed by atoms with Crippen molar-refractivity contribution in [1.82, 2.24) is 10.2 Å². The van der Waals surface area contributed by atoms with Crippen LogP contribution in [0.5, 0.6) is 0 Å². The number of hydrogen-bond donors (Lipinski definition) is 4. The summed E-state index contributed by atoms with van der Waals surface area (Å²) in [6.07, 6.45) is 1.05. The fourth-order valence-corrected chi connectivity index (χ4v) is 1.80. The van der Waals surface area contributed by atoms with Crippen molar-refractivity contribution < 1.29 is 24.6 Å². The molecule has 2 atom stereocenters. The first-order chi connectivity index (χ1) is 8.47. The first kappa shape index (κ1) is 14.4. The smallest absolute Gasteiger partial charge is 0.326 e. The van der Waals surface area contributed by atoms with E-state index in [1.165, 1.54) is 4.90 Å². The van der Waals surface area contributed by atoms with Gasteiger partial charge in [-0.3, -0.25) is 9.59 Å². The van der Waals surface area contributed by atoms with Gasteiger partial charge in [-0.05, 0) is 12.8 Å². The van der Waals surface area contributed by atoms with E-state index in [2.05, 4.69) is 5.32 Å². The van der Waals surface area contributed by atoms with Crippen LogP contribution >= 0.6 is 0 Å². The molecule has 2 unspecified atom stereocenters. The molecule has 0 bridgehead atoms. The number of nitrogens with zero attached hydrogens (tertiary/aromatic N) is 1. The molecule has 1 heterocycles. The predicted octanol–water partition coefficient (Wildman–Crippen LogP) is -2.50. The number of likely N-dealkylation sites (tertiary alicyclic amines) is 1. The Morgan fingerprint density at radius 2 is 2.11 bits per heavy atom. The van der Waals surface area contributed by atoms with Crippen LogP contribution in [0.3, 0.4) is 0 Å². The number of amides is 2. The standard InChI is InChI=1S/C10H17N3O5/c11-6(5-14)9(16)12-4-8(15)13-3-1-2-7(13)10(17)18/h6-7,14H,1-5,11H2,(H,12,16)(H,17,18). The van der Waals surface area contributed by atoms with E-state index < -0.39 is 36.5 Å². The minimum atomic E-state index is -1.08. The van der Waals surface area contributed by atoms with Crippen LogP contribution in [-0.4, -0.2) is 64.7 Å². The number of hydrogen-bond acceptors (Lipinski definition) is 5. The molecule has 0 aromatic rings. The van der Waals surface area contributed by atoms with Gasteiger partial charge in [0.15, 0.2) is 0 Å². The maximum Gasteiger partial charge on any atom is 0.326 e. The highest BCUT2D eigenvalue weighted by atomic mass is 16.4. The van der Waals surface area contributed by atoms with Crippen molar-refractivity contribution in [3.63, 3.8) is 0 Å². The van der Waals surface area contributed by atoms with E-state index in [0.717, 1.165) is 0 Å². The molecule has 0 aromatic heterocycles. The van der Waals surface area contributed by atoms with Crippen LogP contribution in [-0.2, 0) is 14.4 Å². The van der Waals surface area contributed by atoms with Gasteiger partial charge in [-0.1, -0.05) is 0 Å². The number of carbonyl (C=O) groups is 3. The van der Waals surface area contributed by atoms with Gasteiger partial charge in [0, 0.05) is 6.54 Å². The van der Waals surface area contributed by atoms with Crippen LogP contribution in [0.25, 0.3) is 0 Å². The van der Waals surface area contributed by atoms with E-state index in [4.69, 9.17) is 15.9 Å². The Kier molecular flexibility index (Phi) is 5.05. The molecule has 102 valence electrons. The average molecular weight is 259 g/mol. The molecule has 2 amide bonds. The second-order valence-corrected chi connectivity index (χ2v) is 4.09. The molecule has 0 saturated carbocycles. The minimum Gasteiger partial charge on any atom is -0.480 e. The first-order valence-corrected chi connectivity index (χ1v) is 5.63. The van der Waals surface area contributed by atoms with Gasteiger partial charge in [0.2, 0.25) is 11.8 Å². The molecular formula is C10H17N3O5. The Balaban J connectivity index is 2.46. The zero-order valence-electron chi connectivity index (χ0n) is 9.83. The average Bonchev–Trinajstić information content (AvgIpc) is 2.83. The summed E-state index contributed by atoms with van der Waals surface area (Å²) in [5.41, 5.74) is 5.25. The van der Waals surface area contributed by atoms with Crippen LogP contribution < -0.4 is 11.1 Å². The largest absolute Gasteiger partial charge is 0.480 e.